The van der Waals surface area contributed by atoms with Crippen LogP contribution in [-0.2, 0) is 19.6 Å². The minimum atomic E-state index is -3.70. The zero-order valence-electron chi connectivity index (χ0n) is 14.8. The number of anilines is 1. The summed E-state index contributed by atoms with van der Waals surface area (Å²) in [5, 5.41) is 2.60. The van der Waals surface area contributed by atoms with Crippen LogP contribution in [0.1, 0.15) is 22.8 Å². The molecule has 0 radical (unpaired) electrons. The first-order chi connectivity index (χ1) is 12.7. The molecule has 2 aromatic rings. The van der Waals surface area contributed by atoms with Gasteiger partial charge in [0.1, 0.15) is 0 Å². The van der Waals surface area contributed by atoms with Gasteiger partial charge in [-0.25, -0.2) is 17.9 Å². The second-order valence-electron chi connectivity index (χ2n) is 5.61. The number of carbonyl (C=O) groups excluding carboxylic acids is 2. The van der Waals surface area contributed by atoms with Gasteiger partial charge in [0.25, 0.3) is 5.91 Å². The maximum atomic E-state index is 12.3. The van der Waals surface area contributed by atoms with Crippen molar-refractivity contribution in [3.05, 3.63) is 58.1 Å². The minimum Gasteiger partial charge on any atom is -0.452 e. The van der Waals surface area contributed by atoms with Crippen LogP contribution in [-0.4, -0.2) is 33.4 Å². The van der Waals surface area contributed by atoms with Gasteiger partial charge in [-0.2, -0.15) is 0 Å². The van der Waals surface area contributed by atoms with Crippen molar-refractivity contribution in [3.63, 3.8) is 0 Å². The Labute approximate surface area is 166 Å². The van der Waals surface area contributed by atoms with Crippen LogP contribution < -0.4 is 10.0 Å². The monoisotopic (exact) mass is 454 g/mol. The molecule has 0 unspecified atom stereocenters. The molecule has 0 fully saturated rings. The van der Waals surface area contributed by atoms with Crippen LogP contribution in [0, 0.1) is 6.92 Å². The van der Waals surface area contributed by atoms with Gasteiger partial charge in [0.2, 0.25) is 10.0 Å². The van der Waals surface area contributed by atoms with Crippen molar-refractivity contribution in [1.29, 1.82) is 0 Å². The predicted molar refractivity (Wildman–Crippen MR) is 105 cm³/mol. The second-order valence-corrected chi connectivity index (χ2v) is 8.29. The van der Waals surface area contributed by atoms with E-state index in [4.69, 9.17) is 4.74 Å². The number of benzene rings is 2. The molecule has 0 heterocycles. The summed E-state index contributed by atoms with van der Waals surface area (Å²) in [5.74, 6) is -1.27. The zero-order chi connectivity index (χ0) is 20.0. The largest absolute Gasteiger partial charge is 0.452 e. The molecule has 0 aliphatic carbocycles. The Morgan fingerprint density at radius 3 is 2.41 bits per heavy atom. The molecule has 0 aromatic heterocycles. The number of hydrogen-bond acceptors (Lipinski definition) is 5. The average molecular weight is 455 g/mol. The van der Waals surface area contributed by atoms with E-state index in [9.17, 15) is 18.0 Å². The summed E-state index contributed by atoms with van der Waals surface area (Å²) in [5.41, 5.74) is 1.20. The molecule has 0 saturated heterocycles. The van der Waals surface area contributed by atoms with Crippen LogP contribution in [0.2, 0.25) is 0 Å². The van der Waals surface area contributed by atoms with Crippen molar-refractivity contribution in [1.82, 2.24) is 4.72 Å². The van der Waals surface area contributed by atoms with E-state index in [-0.39, 0.29) is 17.0 Å². The van der Waals surface area contributed by atoms with E-state index >= 15 is 0 Å². The van der Waals surface area contributed by atoms with Crippen molar-refractivity contribution in [2.75, 3.05) is 18.5 Å². The highest BCUT2D eigenvalue weighted by molar-refractivity contribution is 9.10. The summed E-state index contributed by atoms with van der Waals surface area (Å²) in [7, 11) is -3.70. The highest BCUT2D eigenvalue weighted by Crippen LogP contribution is 2.17. The van der Waals surface area contributed by atoms with Gasteiger partial charge in [-0.3, -0.25) is 4.79 Å². The minimum absolute atomic E-state index is 0.0405. The predicted octanol–water partition coefficient (Wildman–Crippen LogP) is 2.85. The highest BCUT2D eigenvalue weighted by Gasteiger charge is 2.19. The third-order valence-electron chi connectivity index (χ3n) is 3.54. The van der Waals surface area contributed by atoms with Gasteiger partial charge in [-0.15, -0.1) is 0 Å². The number of nitrogens with one attached hydrogen (secondary N) is 2. The molecule has 7 nitrogen and oxygen atoms in total. The maximum absolute atomic E-state index is 12.3. The van der Waals surface area contributed by atoms with Crippen molar-refractivity contribution >= 4 is 43.5 Å². The van der Waals surface area contributed by atoms with Crippen LogP contribution in [0.4, 0.5) is 5.69 Å². The molecule has 2 aromatic carbocycles. The van der Waals surface area contributed by atoms with Crippen LogP contribution in [0.5, 0.6) is 0 Å². The number of halogens is 1. The standard InChI is InChI=1S/C18H19BrN2O5S/c1-3-20-27(24,25)15-9-4-12(2)16(10-15)18(23)26-11-17(22)21-14-7-5-13(19)6-8-14/h4-10,20H,3,11H2,1-2H3,(H,21,22). The molecule has 27 heavy (non-hydrogen) atoms. The van der Waals surface area contributed by atoms with Gasteiger partial charge in [-0.05, 0) is 48.9 Å². The molecular weight excluding hydrogens is 436 g/mol. The fraction of sp³-hybridized carbons (Fsp3) is 0.222. The van der Waals surface area contributed by atoms with Gasteiger partial charge in [-0.1, -0.05) is 28.9 Å². The lowest BCUT2D eigenvalue weighted by atomic mass is 10.1. The third-order valence-corrected chi connectivity index (χ3v) is 5.61. The molecule has 9 heteroatoms. The zero-order valence-corrected chi connectivity index (χ0v) is 17.2. The molecule has 0 spiro atoms. The van der Waals surface area contributed by atoms with Crippen molar-refractivity contribution in [3.8, 4) is 0 Å². The smallest absolute Gasteiger partial charge is 0.338 e. The van der Waals surface area contributed by atoms with E-state index in [1.807, 2.05) is 0 Å². The van der Waals surface area contributed by atoms with Gasteiger partial charge in [0.05, 0.1) is 10.5 Å². The Balaban J connectivity index is 2.05. The number of carbonyl (C=O) groups is 2. The fourth-order valence-corrected chi connectivity index (χ4v) is 3.53. The molecule has 0 aliphatic rings. The van der Waals surface area contributed by atoms with Crippen LogP contribution in [0.15, 0.2) is 51.8 Å². The van der Waals surface area contributed by atoms with Gasteiger partial charge < -0.3 is 10.1 Å². The average Bonchev–Trinajstić information content (AvgIpc) is 2.62. The van der Waals surface area contributed by atoms with Gasteiger partial charge >= 0.3 is 5.97 Å². The normalized spacial score (nSPS) is 11.1. The second kappa shape index (κ2) is 9.12. The van der Waals surface area contributed by atoms with Crippen LogP contribution in [0.3, 0.4) is 0 Å². The van der Waals surface area contributed by atoms with E-state index in [0.717, 1.165) is 4.47 Å². The number of sulfonamides is 1. The Kier molecular flexibility index (Phi) is 7.11. The first-order valence-corrected chi connectivity index (χ1v) is 10.3. The topological polar surface area (TPSA) is 102 Å². The first-order valence-electron chi connectivity index (χ1n) is 8.06. The summed E-state index contributed by atoms with van der Waals surface area (Å²) >= 11 is 3.29. The van der Waals surface area contributed by atoms with E-state index in [1.54, 1.807) is 38.1 Å². The SMILES string of the molecule is CCNS(=O)(=O)c1ccc(C)c(C(=O)OCC(=O)Nc2ccc(Br)cc2)c1. The lowest BCUT2D eigenvalue weighted by Gasteiger charge is -2.10. The molecule has 2 N–H and O–H groups in total. The number of hydrogen-bond donors (Lipinski definition) is 2. The summed E-state index contributed by atoms with van der Waals surface area (Å²) in [6.45, 7) is 3.05. The Morgan fingerprint density at radius 2 is 1.78 bits per heavy atom. The van der Waals surface area contributed by atoms with E-state index in [2.05, 4.69) is 26.0 Å². The molecule has 144 valence electrons. The van der Waals surface area contributed by atoms with Crippen molar-refractivity contribution < 1.29 is 22.7 Å². The number of esters is 1. The molecular formula is C18H19BrN2O5S. The molecule has 0 bridgehead atoms. The van der Waals surface area contributed by atoms with Gasteiger partial charge in [0.15, 0.2) is 6.61 Å². The third kappa shape index (κ3) is 5.88. The molecule has 0 saturated carbocycles. The lowest BCUT2D eigenvalue weighted by molar-refractivity contribution is -0.119. The molecule has 0 atom stereocenters. The Bertz CT molecular complexity index is 943. The Hall–Kier alpha value is -2.23. The number of ether oxygens (including phenoxy) is 1. The van der Waals surface area contributed by atoms with Crippen molar-refractivity contribution in [2.24, 2.45) is 0 Å². The number of amides is 1. The summed E-state index contributed by atoms with van der Waals surface area (Å²) in [4.78, 5) is 24.2. The van der Waals surface area contributed by atoms with E-state index in [1.165, 1.54) is 18.2 Å². The van der Waals surface area contributed by atoms with E-state index < -0.39 is 28.5 Å². The molecule has 2 rings (SSSR count). The Morgan fingerprint density at radius 1 is 1.11 bits per heavy atom. The number of rotatable bonds is 7. The first kappa shape index (κ1) is 21.1. The summed E-state index contributed by atoms with van der Waals surface area (Å²) in [6, 6.07) is 11.1. The highest BCUT2D eigenvalue weighted by atomic mass is 79.9. The fourth-order valence-electron chi connectivity index (χ4n) is 2.20. The quantitative estimate of drug-likeness (QED) is 0.626. The van der Waals surface area contributed by atoms with Gasteiger partial charge in [0, 0.05) is 16.7 Å². The maximum Gasteiger partial charge on any atom is 0.338 e. The van der Waals surface area contributed by atoms with Crippen LogP contribution in [0.25, 0.3) is 0 Å². The molecule has 1 amide bonds. The summed E-state index contributed by atoms with van der Waals surface area (Å²) in [6.07, 6.45) is 0. The van der Waals surface area contributed by atoms with E-state index in [0.29, 0.717) is 11.3 Å². The molecule has 0 aliphatic heterocycles. The lowest BCUT2D eigenvalue weighted by Crippen LogP contribution is -2.24. The van der Waals surface area contributed by atoms with Crippen LogP contribution >= 0.6 is 15.9 Å². The number of aryl methyl sites for hydroxylation is 1. The summed E-state index contributed by atoms with van der Waals surface area (Å²) < 4.78 is 32.4. The van der Waals surface area contributed by atoms with Crippen molar-refractivity contribution in [2.45, 2.75) is 18.7 Å².